The molecule has 2 N–H and O–H groups in total. The van der Waals surface area contributed by atoms with Crippen LogP contribution in [0.25, 0.3) is 0 Å². The van der Waals surface area contributed by atoms with Crippen molar-refractivity contribution in [3.8, 4) is 0 Å². The highest BCUT2D eigenvalue weighted by atomic mass is 32.1. The van der Waals surface area contributed by atoms with Crippen molar-refractivity contribution in [3.05, 3.63) is 22.7 Å². The summed E-state index contributed by atoms with van der Waals surface area (Å²) in [5.41, 5.74) is 2.64. The van der Waals surface area contributed by atoms with Gasteiger partial charge in [0.1, 0.15) is 0 Å². The largest absolute Gasteiger partial charge is 0.356 e. The minimum Gasteiger partial charge on any atom is -0.356 e. The Bertz CT molecular complexity index is 518. The maximum Gasteiger partial charge on any atom is 0.191 e. The number of anilines is 1. The first-order valence-corrected chi connectivity index (χ1v) is 8.81. The lowest BCUT2D eigenvalue weighted by molar-refractivity contribution is 0.665. The van der Waals surface area contributed by atoms with E-state index in [4.69, 9.17) is 0 Å². The van der Waals surface area contributed by atoms with Gasteiger partial charge in [-0.1, -0.05) is 11.6 Å². The number of hydrogen-bond acceptors (Lipinski definition) is 4. The number of guanidine groups is 1. The summed E-state index contributed by atoms with van der Waals surface area (Å²) in [6.45, 7) is 1.64. The maximum atomic E-state index is 4.56. The molecule has 0 saturated carbocycles. The molecule has 6 heteroatoms. The van der Waals surface area contributed by atoms with Gasteiger partial charge >= 0.3 is 0 Å². The third-order valence-electron chi connectivity index (χ3n) is 3.71. The molecule has 1 aromatic heterocycles. The molecule has 0 aliphatic heterocycles. The number of rotatable bonds is 6. The third-order valence-corrected chi connectivity index (χ3v) is 4.76. The summed E-state index contributed by atoms with van der Waals surface area (Å²) >= 11 is 1.66. The summed E-state index contributed by atoms with van der Waals surface area (Å²) < 4.78 is 0. The zero-order valence-electron chi connectivity index (χ0n) is 13.9. The molecule has 0 spiro atoms. The maximum absolute atomic E-state index is 4.56. The molecule has 5 nitrogen and oxygen atoms in total. The van der Waals surface area contributed by atoms with E-state index >= 15 is 0 Å². The minimum absolute atomic E-state index is 0.701. The molecule has 0 saturated heterocycles. The lowest BCUT2D eigenvalue weighted by Gasteiger charge is -2.15. The van der Waals surface area contributed by atoms with Gasteiger partial charge in [0.25, 0.3) is 0 Å². The average Bonchev–Trinajstić information content (AvgIpc) is 3.01. The zero-order valence-corrected chi connectivity index (χ0v) is 14.7. The molecular weight excluding hydrogens is 294 g/mol. The molecule has 0 bridgehead atoms. The summed E-state index contributed by atoms with van der Waals surface area (Å²) in [6.07, 6.45) is 8.72. The molecule has 1 aliphatic rings. The second-order valence-corrected chi connectivity index (χ2v) is 6.56. The summed E-state index contributed by atoms with van der Waals surface area (Å²) in [7, 11) is 5.83. The van der Waals surface area contributed by atoms with Crippen molar-refractivity contribution >= 4 is 22.4 Å². The monoisotopic (exact) mass is 321 g/mol. The van der Waals surface area contributed by atoms with E-state index < -0.39 is 0 Å². The van der Waals surface area contributed by atoms with Crippen LogP contribution in [0.2, 0.25) is 0 Å². The number of nitrogens with one attached hydrogen (secondary N) is 2. The van der Waals surface area contributed by atoms with Crippen LogP contribution in [0.3, 0.4) is 0 Å². The van der Waals surface area contributed by atoms with Crippen LogP contribution in [-0.4, -0.2) is 38.6 Å². The fourth-order valence-corrected chi connectivity index (χ4v) is 3.21. The number of hydrogen-bond donors (Lipinski definition) is 2. The first-order valence-electron chi connectivity index (χ1n) is 7.93. The Labute approximate surface area is 137 Å². The van der Waals surface area contributed by atoms with E-state index in [0.29, 0.717) is 6.54 Å². The summed E-state index contributed by atoms with van der Waals surface area (Å²) in [6, 6.07) is 0. The van der Waals surface area contributed by atoms with Crippen LogP contribution in [-0.2, 0) is 6.54 Å². The van der Waals surface area contributed by atoms with Gasteiger partial charge in [-0.15, -0.1) is 11.3 Å². The van der Waals surface area contributed by atoms with E-state index in [9.17, 15) is 0 Å². The Morgan fingerprint density at radius 3 is 2.86 bits per heavy atom. The predicted octanol–water partition coefficient (Wildman–Crippen LogP) is 2.76. The van der Waals surface area contributed by atoms with E-state index in [-0.39, 0.29) is 0 Å². The molecule has 1 aromatic rings. The SMILES string of the molecule is CN=C(NCCC1=CCCCC1)NCc1csc(N(C)C)n1. The number of allylic oxidation sites excluding steroid dienone is 1. The smallest absolute Gasteiger partial charge is 0.191 e. The number of thiazole rings is 1. The fourth-order valence-electron chi connectivity index (χ4n) is 2.45. The topological polar surface area (TPSA) is 52.6 Å². The Balaban J connectivity index is 1.71. The molecule has 122 valence electrons. The summed E-state index contributed by atoms with van der Waals surface area (Å²) in [4.78, 5) is 10.9. The Hall–Kier alpha value is -1.56. The number of aromatic nitrogens is 1. The Morgan fingerprint density at radius 2 is 2.23 bits per heavy atom. The van der Waals surface area contributed by atoms with Crippen LogP contribution >= 0.6 is 11.3 Å². The normalized spacial score (nSPS) is 15.4. The van der Waals surface area contributed by atoms with Gasteiger partial charge < -0.3 is 15.5 Å². The summed E-state index contributed by atoms with van der Waals surface area (Å²) in [5.74, 6) is 0.843. The molecule has 0 amide bonds. The first-order chi connectivity index (χ1) is 10.7. The van der Waals surface area contributed by atoms with E-state index in [1.807, 2.05) is 26.0 Å². The molecule has 0 fully saturated rings. The summed E-state index contributed by atoms with van der Waals surface area (Å²) in [5, 5.41) is 9.82. The van der Waals surface area contributed by atoms with Gasteiger partial charge in [0, 0.05) is 33.1 Å². The first kappa shape index (κ1) is 16.8. The van der Waals surface area contributed by atoms with Crippen LogP contribution in [0.4, 0.5) is 5.13 Å². The van der Waals surface area contributed by atoms with E-state index in [1.165, 1.54) is 25.7 Å². The molecule has 0 unspecified atom stereocenters. The van der Waals surface area contributed by atoms with Crippen LogP contribution in [0, 0.1) is 0 Å². The van der Waals surface area contributed by atoms with E-state index in [0.717, 1.165) is 29.8 Å². The zero-order chi connectivity index (χ0) is 15.8. The third kappa shape index (κ3) is 5.33. The second kappa shape index (κ2) is 8.78. The van der Waals surface area contributed by atoms with Gasteiger partial charge in [0.05, 0.1) is 12.2 Å². The van der Waals surface area contributed by atoms with Gasteiger partial charge in [-0.05, 0) is 32.1 Å². The van der Waals surface area contributed by atoms with E-state index in [2.05, 4.69) is 32.1 Å². The molecule has 0 radical (unpaired) electrons. The molecule has 0 atom stereocenters. The van der Waals surface area contributed by atoms with Crippen molar-refractivity contribution in [2.75, 3.05) is 32.6 Å². The van der Waals surface area contributed by atoms with Gasteiger partial charge in [-0.25, -0.2) is 4.98 Å². The van der Waals surface area contributed by atoms with Gasteiger partial charge in [0.2, 0.25) is 0 Å². The van der Waals surface area contributed by atoms with Gasteiger partial charge in [0.15, 0.2) is 11.1 Å². The molecule has 0 aromatic carbocycles. The average molecular weight is 321 g/mol. The van der Waals surface area contributed by atoms with Crippen molar-refractivity contribution in [1.82, 2.24) is 15.6 Å². The van der Waals surface area contributed by atoms with Crippen LogP contribution in [0.15, 0.2) is 22.0 Å². The Morgan fingerprint density at radius 1 is 1.36 bits per heavy atom. The van der Waals surface area contributed by atoms with Crippen LogP contribution in [0.1, 0.15) is 37.8 Å². The Kier molecular flexibility index (Phi) is 6.71. The molecule has 1 aliphatic carbocycles. The second-order valence-electron chi connectivity index (χ2n) is 5.73. The molecule has 2 rings (SSSR count). The highest BCUT2D eigenvalue weighted by Gasteiger charge is 2.06. The molecule has 22 heavy (non-hydrogen) atoms. The van der Waals surface area contributed by atoms with Crippen molar-refractivity contribution < 1.29 is 0 Å². The highest BCUT2D eigenvalue weighted by molar-refractivity contribution is 7.13. The lowest BCUT2D eigenvalue weighted by atomic mass is 9.97. The van der Waals surface area contributed by atoms with Crippen molar-refractivity contribution in [2.24, 2.45) is 4.99 Å². The number of nitrogens with zero attached hydrogens (tertiary/aromatic N) is 3. The van der Waals surface area contributed by atoms with Crippen LogP contribution < -0.4 is 15.5 Å². The number of aliphatic imine (C=N–C) groups is 1. The van der Waals surface area contributed by atoms with Gasteiger partial charge in [-0.3, -0.25) is 4.99 Å². The standard InChI is InChI=1S/C16H27N5S/c1-17-15(18-10-9-13-7-5-4-6-8-13)19-11-14-12-22-16(20-14)21(2)3/h7,12H,4-6,8-11H2,1-3H3,(H2,17,18,19). The minimum atomic E-state index is 0.701. The molecule has 1 heterocycles. The lowest BCUT2D eigenvalue weighted by Crippen LogP contribution is -2.37. The highest BCUT2D eigenvalue weighted by Crippen LogP contribution is 2.19. The molecular formula is C16H27N5S. The quantitative estimate of drug-likeness (QED) is 0.480. The predicted molar refractivity (Wildman–Crippen MR) is 95.8 cm³/mol. The van der Waals surface area contributed by atoms with Crippen molar-refractivity contribution in [2.45, 2.75) is 38.6 Å². The van der Waals surface area contributed by atoms with Crippen molar-refractivity contribution in [3.63, 3.8) is 0 Å². The van der Waals surface area contributed by atoms with Crippen LogP contribution in [0.5, 0.6) is 0 Å². The van der Waals surface area contributed by atoms with E-state index in [1.54, 1.807) is 16.9 Å². The van der Waals surface area contributed by atoms with Crippen molar-refractivity contribution in [1.29, 1.82) is 0 Å². The van der Waals surface area contributed by atoms with Gasteiger partial charge in [-0.2, -0.15) is 0 Å². The fraction of sp³-hybridized carbons (Fsp3) is 0.625.